The van der Waals surface area contributed by atoms with Gasteiger partial charge in [0.25, 0.3) is 0 Å². The number of nitrogens with one attached hydrogen (secondary N) is 2. The van der Waals surface area contributed by atoms with E-state index in [1.54, 1.807) is 6.07 Å². The van der Waals surface area contributed by atoms with Gasteiger partial charge in [-0.15, -0.1) is 0 Å². The quantitative estimate of drug-likeness (QED) is 0.885. The molecule has 2 aliphatic rings. The van der Waals surface area contributed by atoms with Crippen molar-refractivity contribution in [1.29, 1.82) is 0 Å². The Morgan fingerprint density at radius 2 is 2.20 bits per heavy atom. The van der Waals surface area contributed by atoms with Crippen molar-refractivity contribution in [3.05, 3.63) is 35.4 Å². The molecule has 1 heterocycles. The SMILES string of the molecule is O=C(NCC1CCCN1)C1CC1c1ccc(F)c(F)c1. The molecule has 20 heavy (non-hydrogen) atoms. The Hall–Kier alpha value is -1.49. The first-order chi connectivity index (χ1) is 9.65. The van der Waals surface area contributed by atoms with Crippen LogP contribution in [0.15, 0.2) is 18.2 Å². The Balaban J connectivity index is 1.52. The van der Waals surface area contributed by atoms with Crippen LogP contribution in [0, 0.1) is 17.6 Å². The molecule has 0 bridgehead atoms. The van der Waals surface area contributed by atoms with E-state index in [1.807, 2.05) is 0 Å². The molecule has 1 saturated heterocycles. The summed E-state index contributed by atoms with van der Waals surface area (Å²) < 4.78 is 26.0. The van der Waals surface area contributed by atoms with Crippen molar-refractivity contribution in [2.45, 2.75) is 31.2 Å². The minimum absolute atomic E-state index is 0.0217. The summed E-state index contributed by atoms with van der Waals surface area (Å²) in [6.45, 7) is 1.67. The van der Waals surface area contributed by atoms with Crippen LogP contribution in [0.5, 0.6) is 0 Å². The third kappa shape index (κ3) is 2.82. The van der Waals surface area contributed by atoms with E-state index in [9.17, 15) is 13.6 Å². The number of halogens is 2. The van der Waals surface area contributed by atoms with Crippen molar-refractivity contribution < 1.29 is 13.6 Å². The summed E-state index contributed by atoms with van der Waals surface area (Å²) in [5, 5.41) is 6.26. The third-order valence-corrected chi connectivity index (χ3v) is 4.18. The van der Waals surface area contributed by atoms with Gasteiger partial charge in [-0.1, -0.05) is 6.07 Å². The summed E-state index contributed by atoms with van der Waals surface area (Å²) >= 11 is 0. The van der Waals surface area contributed by atoms with Gasteiger partial charge in [0.15, 0.2) is 11.6 Å². The molecule has 1 saturated carbocycles. The Bertz CT molecular complexity index is 515. The van der Waals surface area contributed by atoms with E-state index >= 15 is 0 Å². The molecule has 0 spiro atoms. The highest BCUT2D eigenvalue weighted by Crippen LogP contribution is 2.47. The van der Waals surface area contributed by atoms with Gasteiger partial charge < -0.3 is 10.6 Å². The van der Waals surface area contributed by atoms with Crippen LogP contribution < -0.4 is 10.6 Å². The summed E-state index contributed by atoms with van der Waals surface area (Å²) in [4.78, 5) is 12.0. The second-order valence-electron chi connectivity index (χ2n) is 5.66. The van der Waals surface area contributed by atoms with E-state index in [0.717, 1.165) is 31.9 Å². The molecule has 1 aromatic carbocycles. The summed E-state index contributed by atoms with van der Waals surface area (Å²) in [6.07, 6.45) is 2.97. The Morgan fingerprint density at radius 3 is 2.90 bits per heavy atom. The maximum Gasteiger partial charge on any atom is 0.223 e. The van der Waals surface area contributed by atoms with Crippen LogP contribution in [-0.2, 0) is 4.79 Å². The highest BCUT2D eigenvalue weighted by Gasteiger charge is 2.44. The van der Waals surface area contributed by atoms with Crippen molar-refractivity contribution in [3.63, 3.8) is 0 Å². The highest BCUT2D eigenvalue weighted by atomic mass is 19.2. The number of hydrogen-bond acceptors (Lipinski definition) is 2. The van der Waals surface area contributed by atoms with Crippen LogP contribution in [0.25, 0.3) is 0 Å². The summed E-state index contributed by atoms with van der Waals surface area (Å²) in [7, 11) is 0. The average molecular weight is 280 g/mol. The Morgan fingerprint density at radius 1 is 1.35 bits per heavy atom. The van der Waals surface area contributed by atoms with E-state index in [1.165, 1.54) is 6.07 Å². The first-order valence-electron chi connectivity index (χ1n) is 7.11. The zero-order valence-corrected chi connectivity index (χ0v) is 11.2. The maximum atomic E-state index is 13.2. The topological polar surface area (TPSA) is 41.1 Å². The molecule has 0 radical (unpaired) electrons. The van der Waals surface area contributed by atoms with Gasteiger partial charge in [0.1, 0.15) is 0 Å². The van der Waals surface area contributed by atoms with Crippen LogP contribution in [0.2, 0.25) is 0 Å². The molecular formula is C15H18F2N2O. The zero-order valence-electron chi connectivity index (χ0n) is 11.2. The largest absolute Gasteiger partial charge is 0.354 e. The van der Waals surface area contributed by atoms with Crippen LogP contribution in [0.4, 0.5) is 8.78 Å². The Labute approximate surface area is 116 Å². The van der Waals surface area contributed by atoms with Gasteiger partial charge in [0.05, 0.1) is 0 Å². The number of benzene rings is 1. The van der Waals surface area contributed by atoms with Gasteiger partial charge in [-0.25, -0.2) is 8.78 Å². The molecule has 3 rings (SSSR count). The standard InChI is InChI=1S/C15H18F2N2O/c16-13-4-3-9(6-14(13)17)11-7-12(11)15(20)19-8-10-2-1-5-18-10/h3-4,6,10-12,18H,1-2,5,7-8H2,(H,19,20). The van der Waals surface area contributed by atoms with E-state index in [0.29, 0.717) is 18.2 Å². The van der Waals surface area contributed by atoms with Gasteiger partial charge in [0, 0.05) is 18.5 Å². The van der Waals surface area contributed by atoms with Crippen LogP contribution >= 0.6 is 0 Å². The maximum absolute atomic E-state index is 13.2. The molecule has 3 atom stereocenters. The monoisotopic (exact) mass is 280 g/mol. The first-order valence-corrected chi connectivity index (χ1v) is 7.11. The molecule has 1 amide bonds. The lowest BCUT2D eigenvalue weighted by Crippen LogP contribution is -2.38. The van der Waals surface area contributed by atoms with E-state index < -0.39 is 11.6 Å². The second kappa shape index (κ2) is 5.48. The van der Waals surface area contributed by atoms with Gasteiger partial charge in [-0.05, 0) is 49.4 Å². The fourth-order valence-electron chi connectivity index (χ4n) is 2.88. The fourth-order valence-corrected chi connectivity index (χ4v) is 2.88. The van der Waals surface area contributed by atoms with Crippen molar-refractivity contribution in [1.82, 2.24) is 10.6 Å². The van der Waals surface area contributed by atoms with Crippen LogP contribution in [0.1, 0.15) is 30.7 Å². The molecule has 1 aliphatic heterocycles. The van der Waals surface area contributed by atoms with Gasteiger partial charge >= 0.3 is 0 Å². The molecule has 3 nitrogen and oxygen atoms in total. The minimum Gasteiger partial charge on any atom is -0.354 e. The normalized spacial score (nSPS) is 28.4. The van der Waals surface area contributed by atoms with Crippen molar-refractivity contribution in [3.8, 4) is 0 Å². The predicted octanol–water partition coefficient (Wildman–Crippen LogP) is 1.94. The number of carbonyl (C=O) groups is 1. The molecule has 0 aromatic heterocycles. The number of carbonyl (C=O) groups excluding carboxylic acids is 1. The molecular weight excluding hydrogens is 262 g/mol. The van der Waals surface area contributed by atoms with Crippen molar-refractivity contribution in [2.75, 3.05) is 13.1 Å². The lowest BCUT2D eigenvalue weighted by molar-refractivity contribution is -0.122. The second-order valence-corrected chi connectivity index (χ2v) is 5.66. The number of amides is 1. The minimum atomic E-state index is -0.845. The highest BCUT2D eigenvalue weighted by molar-refractivity contribution is 5.82. The summed E-state index contributed by atoms with van der Waals surface area (Å²) in [6, 6.07) is 4.26. The third-order valence-electron chi connectivity index (χ3n) is 4.18. The summed E-state index contributed by atoms with van der Waals surface area (Å²) in [5.74, 6) is -1.73. The number of hydrogen-bond donors (Lipinski definition) is 2. The fraction of sp³-hybridized carbons (Fsp3) is 0.533. The van der Waals surface area contributed by atoms with Gasteiger partial charge in [-0.3, -0.25) is 4.79 Å². The smallest absolute Gasteiger partial charge is 0.223 e. The molecule has 3 unspecified atom stereocenters. The number of rotatable bonds is 4. The van der Waals surface area contributed by atoms with Crippen LogP contribution in [0.3, 0.4) is 0 Å². The molecule has 108 valence electrons. The van der Waals surface area contributed by atoms with E-state index in [2.05, 4.69) is 10.6 Å². The Kier molecular flexibility index (Phi) is 3.70. The predicted molar refractivity (Wildman–Crippen MR) is 71.2 cm³/mol. The van der Waals surface area contributed by atoms with Crippen LogP contribution in [-0.4, -0.2) is 25.0 Å². The average Bonchev–Trinajstić information content (AvgIpc) is 3.07. The van der Waals surface area contributed by atoms with E-state index in [-0.39, 0.29) is 17.7 Å². The molecule has 1 aromatic rings. The lowest BCUT2D eigenvalue weighted by atomic mass is 10.1. The van der Waals surface area contributed by atoms with Gasteiger partial charge in [0.2, 0.25) is 5.91 Å². The zero-order chi connectivity index (χ0) is 14.1. The van der Waals surface area contributed by atoms with E-state index in [4.69, 9.17) is 0 Å². The molecule has 2 fully saturated rings. The molecule has 1 aliphatic carbocycles. The first kappa shape index (κ1) is 13.5. The molecule has 5 heteroatoms. The van der Waals surface area contributed by atoms with Crippen molar-refractivity contribution in [2.24, 2.45) is 5.92 Å². The lowest BCUT2D eigenvalue weighted by Gasteiger charge is -2.11. The van der Waals surface area contributed by atoms with Crippen molar-refractivity contribution >= 4 is 5.91 Å². The summed E-state index contributed by atoms with van der Waals surface area (Å²) in [5.41, 5.74) is 0.711. The molecule has 2 N–H and O–H groups in total. The van der Waals surface area contributed by atoms with Gasteiger partial charge in [-0.2, -0.15) is 0 Å².